The van der Waals surface area contributed by atoms with Crippen LogP contribution >= 0.6 is 0 Å². The first-order chi connectivity index (χ1) is 13.9. The Morgan fingerprint density at radius 2 is 1.86 bits per heavy atom. The van der Waals surface area contributed by atoms with E-state index in [0.717, 1.165) is 38.7 Å². The molecular formula is C19H27N9O. The van der Waals surface area contributed by atoms with E-state index in [-0.39, 0.29) is 11.1 Å². The van der Waals surface area contributed by atoms with Crippen LogP contribution in [-0.2, 0) is 5.54 Å². The molecule has 0 amide bonds. The van der Waals surface area contributed by atoms with E-state index in [1.165, 1.54) is 0 Å². The minimum Gasteiger partial charge on any atom is -0.354 e. The van der Waals surface area contributed by atoms with Gasteiger partial charge < -0.3 is 10.2 Å². The number of nitrogens with one attached hydrogen (secondary N) is 2. The zero-order valence-corrected chi connectivity index (χ0v) is 17.1. The van der Waals surface area contributed by atoms with Gasteiger partial charge in [-0.05, 0) is 26.8 Å². The molecule has 10 nitrogen and oxygen atoms in total. The second kappa shape index (κ2) is 7.78. The third-order valence-electron chi connectivity index (χ3n) is 5.00. The van der Waals surface area contributed by atoms with Gasteiger partial charge in [0.05, 0.1) is 11.7 Å². The van der Waals surface area contributed by atoms with E-state index in [4.69, 9.17) is 0 Å². The van der Waals surface area contributed by atoms with Gasteiger partial charge in [-0.1, -0.05) is 0 Å². The Kier molecular flexibility index (Phi) is 5.18. The van der Waals surface area contributed by atoms with Crippen LogP contribution in [-0.4, -0.2) is 73.9 Å². The van der Waals surface area contributed by atoms with E-state index in [1.807, 2.05) is 26.8 Å². The van der Waals surface area contributed by atoms with Crippen LogP contribution in [0.2, 0.25) is 0 Å². The van der Waals surface area contributed by atoms with Crippen LogP contribution in [0.1, 0.15) is 20.8 Å². The van der Waals surface area contributed by atoms with Crippen molar-refractivity contribution in [2.75, 3.05) is 49.5 Å². The predicted molar refractivity (Wildman–Crippen MR) is 112 cm³/mol. The van der Waals surface area contributed by atoms with Gasteiger partial charge in [-0.25, -0.2) is 14.6 Å². The van der Waals surface area contributed by atoms with Crippen molar-refractivity contribution in [2.45, 2.75) is 26.3 Å². The van der Waals surface area contributed by atoms with Crippen molar-refractivity contribution in [3.63, 3.8) is 0 Å². The van der Waals surface area contributed by atoms with E-state index >= 15 is 0 Å². The molecule has 1 saturated heterocycles. The lowest BCUT2D eigenvalue weighted by atomic mass is 10.1. The second-order valence-electron chi connectivity index (χ2n) is 8.18. The summed E-state index contributed by atoms with van der Waals surface area (Å²) in [6.07, 6.45) is 5.12. The summed E-state index contributed by atoms with van der Waals surface area (Å²) in [5, 5.41) is 8.09. The highest BCUT2D eigenvalue weighted by Crippen LogP contribution is 2.18. The maximum absolute atomic E-state index is 12.4. The molecule has 3 aromatic rings. The number of rotatable bonds is 5. The molecule has 4 rings (SSSR count). The summed E-state index contributed by atoms with van der Waals surface area (Å²) in [5.74, 6) is 1.26. The van der Waals surface area contributed by atoms with Crippen molar-refractivity contribution in [1.82, 2.24) is 34.6 Å². The fraction of sp³-hybridized carbons (Fsp3) is 0.526. The lowest BCUT2D eigenvalue weighted by Crippen LogP contribution is -2.48. The Morgan fingerprint density at radius 3 is 2.55 bits per heavy atom. The van der Waals surface area contributed by atoms with Crippen molar-refractivity contribution in [2.24, 2.45) is 0 Å². The number of hydrogen-bond donors (Lipinski definition) is 2. The quantitative estimate of drug-likeness (QED) is 0.654. The molecule has 29 heavy (non-hydrogen) atoms. The van der Waals surface area contributed by atoms with E-state index in [1.54, 1.807) is 23.3 Å². The van der Waals surface area contributed by atoms with Gasteiger partial charge in [0, 0.05) is 51.7 Å². The number of piperazine rings is 1. The minimum absolute atomic E-state index is 0.176. The molecule has 154 valence electrons. The molecule has 10 heteroatoms. The molecule has 0 saturated carbocycles. The standard InChI is InChI=1S/C19H27N9O/c1-19(2,3)28-15-14(13-23-28)16(29)25-17(24-15)20-7-8-26-9-11-27(12-10-26)18-21-5-4-6-22-18/h4-6,13H,7-12H2,1-3H3,(H2,20,24,25,29). The summed E-state index contributed by atoms with van der Waals surface area (Å²) in [5.41, 5.74) is 0.173. The monoisotopic (exact) mass is 397 g/mol. The molecule has 0 radical (unpaired) electrons. The summed E-state index contributed by atoms with van der Waals surface area (Å²) < 4.78 is 1.79. The molecule has 3 aromatic heterocycles. The van der Waals surface area contributed by atoms with E-state index in [0.29, 0.717) is 23.5 Å². The number of anilines is 2. The van der Waals surface area contributed by atoms with Crippen LogP contribution in [0.4, 0.5) is 11.9 Å². The van der Waals surface area contributed by atoms with Gasteiger partial charge in [0.25, 0.3) is 5.56 Å². The number of aromatic nitrogens is 6. The van der Waals surface area contributed by atoms with Crippen molar-refractivity contribution in [3.8, 4) is 0 Å². The molecule has 1 aliphatic heterocycles. The van der Waals surface area contributed by atoms with Crippen molar-refractivity contribution >= 4 is 22.9 Å². The first-order valence-electron chi connectivity index (χ1n) is 9.88. The molecule has 4 heterocycles. The normalized spacial score (nSPS) is 15.8. The van der Waals surface area contributed by atoms with Gasteiger partial charge in [0.1, 0.15) is 5.39 Å². The van der Waals surface area contributed by atoms with Crippen molar-refractivity contribution in [3.05, 3.63) is 35.0 Å². The number of H-pyrrole nitrogens is 1. The SMILES string of the molecule is CC(C)(C)n1ncc2c(=O)[nH]c(NCCN3CCN(c4ncccn4)CC3)nc21. The lowest BCUT2D eigenvalue weighted by molar-refractivity contribution is 0.266. The fourth-order valence-electron chi connectivity index (χ4n) is 3.45. The van der Waals surface area contributed by atoms with Gasteiger partial charge in [0.2, 0.25) is 11.9 Å². The third-order valence-corrected chi connectivity index (χ3v) is 5.00. The van der Waals surface area contributed by atoms with Gasteiger partial charge in [-0.3, -0.25) is 14.7 Å². The molecular weight excluding hydrogens is 370 g/mol. The maximum atomic E-state index is 12.4. The number of fused-ring (bicyclic) bond motifs is 1. The lowest BCUT2D eigenvalue weighted by Gasteiger charge is -2.34. The van der Waals surface area contributed by atoms with Crippen LogP contribution in [0.3, 0.4) is 0 Å². The molecule has 0 unspecified atom stereocenters. The highest BCUT2D eigenvalue weighted by atomic mass is 16.1. The summed E-state index contributed by atoms with van der Waals surface area (Å²) in [6, 6.07) is 1.83. The average Bonchev–Trinajstić information content (AvgIpc) is 3.14. The highest BCUT2D eigenvalue weighted by molar-refractivity contribution is 5.74. The third kappa shape index (κ3) is 4.21. The Morgan fingerprint density at radius 1 is 1.14 bits per heavy atom. The molecule has 0 spiro atoms. The molecule has 0 aliphatic carbocycles. The zero-order valence-electron chi connectivity index (χ0n) is 17.1. The van der Waals surface area contributed by atoms with Crippen LogP contribution in [0.5, 0.6) is 0 Å². The summed E-state index contributed by atoms with van der Waals surface area (Å²) in [7, 11) is 0. The summed E-state index contributed by atoms with van der Waals surface area (Å²) in [6.45, 7) is 11.4. The molecule has 0 bridgehead atoms. The smallest absolute Gasteiger partial charge is 0.263 e. The summed E-state index contributed by atoms with van der Waals surface area (Å²) >= 11 is 0. The molecule has 1 fully saturated rings. The Balaban J connectivity index is 1.34. The molecule has 2 N–H and O–H groups in total. The second-order valence-corrected chi connectivity index (χ2v) is 8.18. The largest absolute Gasteiger partial charge is 0.354 e. The van der Waals surface area contributed by atoms with Crippen LogP contribution < -0.4 is 15.8 Å². The molecule has 1 aliphatic rings. The van der Waals surface area contributed by atoms with Gasteiger partial charge in [-0.2, -0.15) is 10.1 Å². The summed E-state index contributed by atoms with van der Waals surface area (Å²) in [4.78, 5) is 33.0. The molecule has 0 atom stereocenters. The minimum atomic E-state index is -0.248. The zero-order chi connectivity index (χ0) is 20.4. The van der Waals surface area contributed by atoms with E-state index in [2.05, 4.69) is 40.2 Å². The van der Waals surface area contributed by atoms with Crippen LogP contribution in [0.15, 0.2) is 29.5 Å². The van der Waals surface area contributed by atoms with Gasteiger partial charge in [0.15, 0.2) is 5.65 Å². The number of aromatic amines is 1. The van der Waals surface area contributed by atoms with Crippen LogP contribution in [0.25, 0.3) is 11.0 Å². The van der Waals surface area contributed by atoms with E-state index in [9.17, 15) is 4.79 Å². The Hall–Kier alpha value is -3.01. The molecule has 0 aromatic carbocycles. The average molecular weight is 397 g/mol. The fourth-order valence-corrected chi connectivity index (χ4v) is 3.45. The number of hydrogen-bond acceptors (Lipinski definition) is 8. The van der Waals surface area contributed by atoms with E-state index < -0.39 is 0 Å². The van der Waals surface area contributed by atoms with Crippen LogP contribution in [0, 0.1) is 0 Å². The predicted octanol–water partition coefficient (Wildman–Crippen LogP) is 0.899. The van der Waals surface area contributed by atoms with Crippen molar-refractivity contribution < 1.29 is 0 Å². The topological polar surface area (TPSA) is 108 Å². The van der Waals surface area contributed by atoms with Crippen molar-refractivity contribution in [1.29, 1.82) is 0 Å². The first-order valence-corrected chi connectivity index (χ1v) is 9.88. The Labute approximate surface area is 169 Å². The Bertz CT molecular complexity index is 1010. The highest BCUT2D eigenvalue weighted by Gasteiger charge is 2.20. The maximum Gasteiger partial charge on any atom is 0.263 e. The van der Waals surface area contributed by atoms with Gasteiger partial charge in [-0.15, -0.1) is 0 Å². The first kappa shape index (κ1) is 19.3. The van der Waals surface area contributed by atoms with Gasteiger partial charge >= 0.3 is 0 Å². The number of nitrogens with zero attached hydrogens (tertiary/aromatic N) is 7.